The first-order chi connectivity index (χ1) is 10.8. The summed E-state index contributed by atoms with van der Waals surface area (Å²) in [6.45, 7) is 8.89. The van der Waals surface area contributed by atoms with Crippen molar-refractivity contribution in [3.05, 3.63) is 42.6 Å². The van der Waals surface area contributed by atoms with Gasteiger partial charge < -0.3 is 14.5 Å². The second-order valence-electron chi connectivity index (χ2n) is 5.93. The number of para-hydroxylation sites is 1. The van der Waals surface area contributed by atoms with Crippen LogP contribution < -0.4 is 5.32 Å². The van der Waals surface area contributed by atoms with Gasteiger partial charge in [-0.15, -0.1) is 0 Å². The van der Waals surface area contributed by atoms with Gasteiger partial charge in [-0.2, -0.15) is 0 Å². The Bertz CT molecular complexity index is 741. The number of aromatic amines is 1. The maximum atomic E-state index is 12.4. The monoisotopic (exact) mass is 316 g/mol. The summed E-state index contributed by atoms with van der Waals surface area (Å²) in [5.41, 5.74) is 0.586. The molecular weight excluding hydrogens is 296 g/mol. The molecule has 1 amide bonds. The summed E-state index contributed by atoms with van der Waals surface area (Å²) in [5.74, 6) is -0.548. The highest BCUT2D eigenvalue weighted by atomic mass is 16.6. The number of benzene rings is 1. The number of carbonyl (C=O) groups is 2. The summed E-state index contributed by atoms with van der Waals surface area (Å²) in [6, 6.07) is 7.25. The van der Waals surface area contributed by atoms with Gasteiger partial charge in [0.2, 0.25) is 0 Å². The number of aromatic nitrogens is 1. The fourth-order valence-electron chi connectivity index (χ4n) is 2.03. The lowest BCUT2D eigenvalue weighted by Gasteiger charge is -2.19. The van der Waals surface area contributed by atoms with Crippen molar-refractivity contribution >= 4 is 28.7 Å². The van der Waals surface area contributed by atoms with Crippen molar-refractivity contribution in [3.63, 3.8) is 0 Å². The van der Waals surface area contributed by atoms with Crippen LogP contribution in [-0.2, 0) is 9.47 Å². The van der Waals surface area contributed by atoms with Crippen molar-refractivity contribution in [2.24, 2.45) is 0 Å². The second-order valence-corrected chi connectivity index (χ2v) is 5.93. The van der Waals surface area contributed by atoms with E-state index in [2.05, 4.69) is 16.9 Å². The van der Waals surface area contributed by atoms with Gasteiger partial charge in [0, 0.05) is 10.9 Å². The van der Waals surface area contributed by atoms with Crippen molar-refractivity contribution in [1.82, 2.24) is 4.98 Å². The van der Waals surface area contributed by atoms with Gasteiger partial charge in [-0.05, 0) is 26.8 Å². The van der Waals surface area contributed by atoms with Crippen molar-refractivity contribution in [1.29, 1.82) is 0 Å². The maximum Gasteiger partial charge on any atom is 0.412 e. The van der Waals surface area contributed by atoms with Crippen LogP contribution in [0.5, 0.6) is 0 Å². The molecule has 23 heavy (non-hydrogen) atoms. The Hall–Kier alpha value is -2.76. The molecule has 0 aliphatic carbocycles. The summed E-state index contributed by atoms with van der Waals surface area (Å²) in [5, 5.41) is 3.29. The van der Waals surface area contributed by atoms with Gasteiger partial charge >= 0.3 is 12.1 Å². The van der Waals surface area contributed by atoms with Gasteiger partial charge in [-0.25, -0.2) is 9.59 Å². The molecule has 6 heteroatoms. The van der Waals surface area contributed by atoms with Crippen molar-refractivity contribution in [2.75, 3.05) is 11.9 Å². The molecule has 0 saturated heterocycles. The Balaban J connectivity index is 2.39. The molecule has 1 heterocycles. The van der Waals surface area contributed by atoms with E-state index < -0.39 is 17.7 Å². The number of ether oxygens (including phenoxy) is 2. The molecule has 0 saturated carbocycles. The first-order valence-electron chi connectivity index (χ1n) is 7.20. The standard InChI is InChI=1S/C17H20N2O4/c1-5-10-22-16(21)19-13-11-8-6-7-9-12(11)18-14(13)15(20)23-17(2,3)4/h5-9,18H,1,10H2,2-4H3,(H,19,21). The Labute approximate surface area is 134 Å². The maximum absolute atomic E-state index is 12.4. The van der Waals surface area contributed by atoms with Crippen molar-refractivity contribution < 1.29 is 19.1 Å². The van der Waals surface area contributed by atoms with Gasteiger partial charge in [0.15, 0.2) is 0 Å². The number of rotatable bonds is 4. The largest absolute Gasteiger partial charge is 0.455 e. The van der Waals surface area contributed by atoms with Gasteiger partial charge in [-0.3, -0.25) is 5.32 Å². The molecule has 0 aliphatic heterocycles. The Morgan fingerprint density at radius 1 is 1.30 bits per heavy atom. The van der Waals surface area contributed by atoms with E-state index in [0.717, 1.165) is 0 Å². The zero-order valence-electron chi connectivity index (χ0n) is 13.4. The molecule has 0 spiro atoms. The zero-order chi connectivity index (χ0) is 17.0. The van der Waals surface area contributed by atoms with Gasteiger partial charge in [0.1, 0.15) is 17.9 Å². The molecule has 0 unspecified atom stereocenters. The summed E-state index contributed by atoms with van der Waals surface area (Å²) in [6.07, 6.45) is 0.795. The van der Waals surface area contributed by atoms with Crippen LogP contribution in [0.15, 0.2) is 36.9 Å². The van der Waals surface area contributed by atoms with E-state index in [0.29, 0.717) is 16.6 Å². The number of amides is 1. The molecule has 0 atom stereocenters. The highest BCUT2D eigenvalue weighted by molar-refractivity contribution is 6.10. The van der Waals surface area contributed by atoms with E-state index in [1.54, 1.807) is 26.8 Å². The Kier molecular flexibility index (Phi) is 4.74. The molecular formula is C17H20N2O4. The van der Waals surface area contributed by atoms with Crippen LogP contribution in [0.2, 0.25) is 0 Å². The van der Waals surface area contributed by atoms with E-state index in [9.17, 15) is 9.59 Å². The fourth-order valence-corrected chi connectivity index (χ4v) is 2.03. The van der Waals surface area contributed by atoms with Crippen LogP contribution in [0.3, 0.4) is 0 Å². The first-order valence-corrected chi connectivity index (χ1v) is 7.20. The van der Waals surface area contributed by atoms with Crippen LogP contribution in [0, 0.1) is 0 Å². The Morgan fingerprint density at radius 2 is 2.00 bits per heavy atom. The van der Waals surface area contributed by atoms with Gasteiger partial charge in [0.05, 0.1) is 5.69 Å². The third kappa shape index (κ3) is 4.12. The smallest absolute Gasteiger partial charge is 0.412 e. The topological polar surface area (TPSA) is 80.4 Å². The van der Waals surface area contributed by atoms with Gasteiger partial charge in [-0.1, -0.05) is 30.9 Å². The second kappa shape index (κ2) is 6.56. The minimum atomic E-state index is -0.667. The predicted molar refractivity (Wildman–Crippen MR) is 88.6 cm³/mol. The highest BCUT2D eigenvalue weighted by Gasteiger charge is 2.25. The number of carbonyl (C=O) groups excluding carboxylic acids is 2. The SMILES string of the molecule is C=CCOC(=O)Nc1c(C(=O)OC(C)(C)C)[nH]c2ccccc12. The van der Waals surface area contributed by atoms with Crippen LogP contribution in [0.4, 0.5) is 10.5 Å². The van der Waals surface area contributed by atoms with E-state index in [-0.39, 0.29) is 12.3 Å². The van der Waals surface area contributed by atoms with Crippen LogP contribution in [0.1, 0.15) is 31.3 Å². The van der Waals surface area contributed by atoms with E-state index >= 15 is 0 Å². The lowest BCUT2D eigenvalue weighted by atomic mass is 10.2. The van der Waals surface area contributed by atoms with E-state index in [1.807, 2.05) is 18.2 Å². The third-order valence-corrected chi connectivity index (χ3v) is 2.87. The normalized spacial score (nSPS) is 11.1. The lowest BCUT2D eigenvalue weighted by molar-refractivity contribution is 0.00651. The molecule has 0 bridgehead atoms. The summed E-state index contributed by atoms with van der Waals surface area (Å²) >= 11 is 0. The summed E-state index contributed by atoms with van der Waals surface area (Å²) in [7, 11) is 0. The fraction of sp³-hybridized carbons (Fsp3) is 0.294. The first kappa shape index (κ1) is 16.6. The summed E-state index contributed by atoms with van der Waals surface area (Å²) in [4.78, 5) is 27.2. The molecule has 2 rings (SSSR count). The molecule has 0 fully saturated rings. The molecule has 1 aromatic heterocycles. The quantitative estimate of drug-likeness (QED) is 0.663. The summed E-state index contributed by atoms with van der Waals surface area (Å²) < 4.78 is 10.3. The van der Waals surface area contributed by atoms with Crippen molar-refractivity contribution in [2.45, 2.75) is 26.4 Å². The number of esters is 1. The van der Waals surface area contributed by atoms with E-state index in [1.165, 1.54) is 6.08 Å². The predicted octanol–water partition coefficient (Wildman–Crippen LogP) is 3.86. The van der Waals surface area contributed by atoms with E-state index in [4.69, 9.17) is 9.47 Å². The van der Waals surface area contributed by atoms with Crippen LogP contribution in [0.25, 0.3) is 10.9 Å². The van der Waals surface area contributed by atoms with Gasteiger partial charge in [0.25, 0.3) is 0 Å². The average Bonchev–Trinajstić information content (AvgIpc) is 2.82. The van der Waals surface area contributed by atoms with Crippen LogP contribution in [-0.4, -0.2) is 29.3 Å². The average molecular weight is 316 g/mol. The highest BCUT2D eigenvalue weighted by Crippen LogP contribution is 2.29. The number of fused-ring (bicyclic) bond motifs is 1. The minimum absolute atomic E-state index is 0.0793. The third-order valence-electron chi connectivity index (χ3n) is 2.87. The zero-order valence-corrected chi connectivity index (χ0v) is 13.4. The molecule has 2 N–H and O–H groups in total. The molecule has 6 nitrogen and oxygen atoms in total. The molecule has 0 aliphatic rings. The number of H-pyrrole nitrogens is 1. The molecule has 2 aromatic rings. The molecule has 0 radical (unpaired) electrons. The van der Waals surface area contributed by atoms with Crippen molar-refractivity contribution in [3.8, 4) is 0 Å². The lowest BCUT2D eigenvalue weighted by Crippen LogP contribution is -2.25. The number of hydrogen-bond acceptors (Lipinski definition) is 4. The number of anilines is 1. The van der Waals surface area contributed by atoms with Crippen LogP contribution >= 0.6 is 0 Å². The number of nitrogens with one attached hydrogen (secondary N) is 2. The molecule has 122 valence electrons. The molecule has 1 aromatic carbocycles. The number of hydrogen-bond donors (Lipinski definition) is 2. The minimum Gasteiger partial charge on any atom is -0.455 e. The Morgan fingerprint density at radius 3 is 2.65 bits per heavy atom.